The van der Waals surface area contributed by atoms with Crippen molar-refractivity contribution in [1.82, 2.24) is 10.2 Å². The second kappa shape index (κ2) is 4.64. The molecule has 0 fully saturated rings. The molecule has 18 heavy (non-hydrogen) atoms. The predicted octanol–water partition coefficient (Wildman–Crippen LogP) is 2.90. The minimum atomic E-state index is -0.0997. The lowest BCUT2D eigenvalue weighted by atomic mass is 9.99. The van der Waals surface area contributed by atoms with E-state index in [1.807, 2.05) is 39.8 Å². The summed E-state index contributed by atoms with van der Waals surface area (Å²) in [6.45, 7) is 7.83. The number of nitrogens with zero attached hydrogens (tertiary/aromatic N) is 1. The average Bonchev–Trinajstić information content (AvgIpc) is 2.62. The lowest BCUT2D eigenvalue weighted by Gasteiger charge is -2.11. The number of hydrogen-bond donors (Lipinski definition) is 2. The number of amides is 1. The van der Waals surface area contributed by atoms with E-state index in [0.717, 1.165) is 22.3 Å². The Morgan fingerprint density at radius 3 is 2.22 bits per heavy atom. The molecule has 0 aliphatic carbocycles. The highest BCUT2D eigenvalue weighted by Gasteiger charge is 2.14. The van der Waals surface area contributed by atoms with Crippen LogP contribution in [0.1, 0.15) is 32.6 Å². The van der Waals surface area contributed by atoms with Crippen molar-refractivity contribution < 1.29 is 4.79 Å². The first-order valence-corrected chi connectivity index (χ1v) is 5.88. The molecular weight excluding hydrogens is 226 g/mol. The lowest BCUT2D eigenvalue weighted by Crippen LogP contribution is -2.16. The van der Waals surface area contributed by atoms with Gasteiger partial charge in [0.1, 0.15) is 5.82 Å². The summed E-state index contributed by atoms with van der Waals surface area (Å²) in [7, 11) is 0. The van der Waals surface area contributed by atoms with Crippen LogP contribution in [0.2, 0.25) is 0 Å². The summed E-state index contributed by atoms with van der Waals surface area (Å²) in [4.78, 5) is 12.3. The van der Waals surface area contributed by atoms with Crippen molar-refractivity contribution in [2.75, 3.05) is 5.32 Å². The van der Waals surface area contributed by atoms with Gasteiger partial charge in [0.2, 0.25) is 0 Å². The second-order valence-electron chi connectivity index (χ2n) is 4.66. The van der Waals surface area contributed by atoms with Crippen LogP contribution in [0.15, 0.2) is 18.3 Å². The molecule has 1 aromatic carbocycles. The molecule has 0 saturated carbocycles. The second-order valence-corrected chi connectivity index (χ2v) is 4.66. The van der Waals surface area contributed by atoms with Gasteiger partial charge >= 0.3 is 0 Å². The monoisotopic (exact) mass is 243 g/mol. The van der Waals surface area contributed by atoms with Gasteiger partial charge in [-0.15, -0.1) is 0 Å². The van der Waals surface area contributed by atoms with Crippen LogP contribution in [-0.2, 0) is 0 Å². The minimum Gasteiger partial charge on any atom is -0.307 e. The number of carbonyl (C=O) groups is 1. The van der Waals surface area contributed by atoms with E-state index in [0.29, 0.717) is 5.82 Å². The van der Waals surface area contributed by atoms with Gasteiger partial charge in [0, 0.05) is 11.1 Å². The van der Waals surface area contributed by atoms with Crippen LogP contribution < -0.4 is 5.32 Å². The molecule has 1 amide bonds. The Bertz CT molecular complexity index is 576. The van der Waals surface area contributed by atoms with Crippen LogP contribution in [0, 0.1) is 27.7 Å². The summed E-state index contributed by atoms with van der Waals surface area (Å²) in [5.74, 6) is 0.553. The fourth-order valence-corrected chi connectivity index (χ4v) is 2.19. The summed E-state index contributed by atoms with van der Waals surface area (Å²) in [5, 5.41) is 9.51. The number of aryl methyl sites for hydroxylation is 4. The smallest absolute Gasteiger partial charge is 0.257 e. The van der Waals surface area contributed by atoms with Crippen molar-refractivity contribution >= 4 is 11.7 Å². The zero-order chi connectivity index (χ0) is 13.3. The molecule has 2 rings (SSSR count). The van der Waals surface area contributed by atoms with Gasteiger partial charge in [0.05, 0.1) is 6.20 Å². The van der Waals surface area contributed by atoms with Crippen molar-refractivity contribution in [2.45, 2.75) is 27.7 Å². The molecule has 0 saturated heterocycles. The van der Waals surface area contributed by atoms with Gasteiger partial charge in [-0.25, -0.2) is 0 Å². The number of carbonyl (C=O) groups excluding carboxylic acids is 1. The molecule has 0 atom stereocenters. The number of benzene rings is 1. The Morgan fingerprint density at radius 1 is 1.11 bits per heavy atom. The summed E-state index contributed by atoms with van der Waals surface area (Å²) in [6.07, 6.45) is 1.68. The minimum absolute atomic E-state index is 0.0997. The van der Waals surface area contributed by atoms with Crippen LogP contribution >= 0.6 is 0 Å². The molecule has 4 heteroatoms. The molecule has 0 unspecified atom stereocenters. The summed E-state index contributed by atoms with van der Waals surface area (Å²) in [5.41, 5.74) is 4.80. The molecule has 1 heterocycles. The zero-order valence-corrected chi connectivity index (χ0v) is 11.1. The van der Waals surface area contributed by atoms with E-state index in [1.165, 1.54) is 5.56 Å². The van der Waals surface area contributed by atoms with Crippen LogP contribution in [0.25, 0.3) is 0 Å². The lowest BCUT2D eigenvalue weighted by molar-refractivity contribution is 0.102. The molecule has 2 aromatic rings. The van der Waals surface area contributed by atoms with E-state index >= 15 is 0 Å². The Labute approximate surface area is 106 Å². The van der Waals surface area contributed by atoms with Crippen molar-refractivity contribution in [2.24, 2.45) is 0 Å². The van der Waals surface area contributed by atoms with Crippen LogP contribution in [0.3, 0.4) is 0 Å². The molecule has 0 radical (unpaired) electrons. The van der Waals surface area contributed by atoms with Gasteiger partial charge < -0.3 is 5.32 Å². The molecule has 0 spiro atoms. The van der Waals surface area contributed by atoms with Gasteiger partial charge in [0.25, 0.3) is 5.91 Å². The normalized spacial score (nSPS) is 10.4. The zero-order valence-electron chi connectivity index (χ0n) is 11.1. The predicted molar refractivity (Wildman–Crippen MR) is 71.9 cm³/mol. The Balaban J connectivity index is 2.33. The van der Waals surface area contributed by atoms with E-state index in [-0.39, 0.29) is 5.91 Å². The van der Waals surface area contributed by atoms with Crippen molar-refractivity contribution in [1.29, 1.82) is 0 Å². The SMILES string of the molecule is Cc1cc(C)c(C(=O)Nc2[nH]ncc2C)c(C)c1. The Morgan fingerprint density at radius 2 is 1.72 bits per heavy atom. The summed E-state index contributed by atoms with van der Waals surface area (Å²) < 4.78 is 0. The number of aromatic amines is 1. The van der Waals surface area contributed by atoms with Gasteiger partial charge in [-0.05, 0) is 38.8 Å². The fourth-order valence-electron chi connectivity index (χ4n) is 2.19. The highest BCUT2D eigenvalue weighted by molar-refractivity contribution is 6.06. The molecule has 0 aliphatic heterocycles. The molecule has 0 bridgehead atoms. The Kier molecular flexibility index (Phi) is 3.19. The molecule has 2 N–H and O–H groups in total. The molecule has 4 nitrogen and oxygen atoms in total. The maximum absolute atomic E-state index is 12.3. The summed E-state index contributed by atoms with van der Waals surface area (Å²) in [6, 6.07) is 4.03. The highest BCUT2D eigenvalue weighted by Crippen LogP contribution is 2.18. The van der Waals surface area contributed by atoms with Crippen molar-refractivity contribution in [3.63, 3.8) is 0 Å². The Hall–Kier alpha value is -2.10. The number of hydrogen-bond acceptors (Lipinski definition) is 2. The van der Waals surface area contributed by atoms with Gasteiger partial charge in [0.15, 0.2) is 0 Å². The maximum atomic E-state index is 12.3. The first-order valence-electron chi connectivity index (χ1n) is 5.88. The number of aromatic nitrogens is 2. The third-order valence-electron chi connectivity index (χ3n) is 2.97. The van der Waals surface area contributed by atoms with Gasteiger partial charge in [-0.2, -0.15) is 5.10 Å². The first-order chi connectivity index (χ1) is 8.49. The van der Waals surface area contributed by atoms with Gasteiger partial charge in [-0.3, -0.25) is 9.89 Å². The van der Waals surface area contributed by atoms with Crippen molar-refractivity contribution in [3.8, 4) is 0 Å². The van der Waals surface area contributed by atoms with Crippen LogP contribution in [-0.4, -0.2) is 16.1 Å². The number of anilines is 1. The third kappa shape index (κ3) is 2.27. The summed E-state index contributed by atoms with van der Waals surface area (Å²) >= 11 is 0. The van der Waals surface area contributed by atoms with E-state index in [2.05, 4.69) is 15.5 Å². The topological polar surface area (TPSA) is 57.8 Å². The first kappa shape index (κ1) is 12.4. The molecule has 1 aromatic heterocycles. The van der Waals surface area contributed by atoms with E-state index in [1.54, 1.807) is 6.20 Å². The molecule has 94 valence electrons. The number of nitrogens with one attached hydrogen (secondary N) is 2. The van der Waals surface area contributed by atoms with E-state index < -0.39 is 0 Å². The van der Waals surface area contributed by atoms with Crippen LogP contribution in [0.4, 0.5) is 5.82 Å². The largest absolute Gasteiger partial charge is 0.307 e. The third-order valence-corrected chi connectivity index (χ3v) is 2.97. The van der Waals surface area contributed by atoms with Crippen molar-refractivity contribution in [3.05, 3.63) is 46.1 Å². The highest BCUT2D eigenvalue weighted by atomic mass is 16.1. The fraction of sp³-hybridized carbons (Fsp3) is 0.286. The quantitative estimate of drug-likeness (QED) is 0.852. The molecular formula is C14H17N3O. The van der Waals surface area contributed by atoms with Crippen LogP contribution in [0.5, 0.6) is 0 Å². The maximum Gasteiger partial charge on any atom is 0.257 e. The molecule has 0 aliphatic rings. The average molecular weight is 243 g/mol. The van der Waals surface area contributed by atoms with E-state index in [4.69, 9.17) is 0 Å². The number of H-pyrrole nitrogens is 1. The standard InChI is InChI=1S/C14H17N3O/c1-8-5-9(2)12(10(3)6-8)14(18)16-13-11(4)7-15-17-13/h5-7H,1-4H3,(H2,15,16,17,18). The van der Waals surface area contributed by atoms with E-state index in [9.17, 15) is 4.79 Å². The van der Waals surface area contributed by atoms with Gasteiger partial charge in [-0.1, -0.05) is 17.7 Å². The number of rotatable bonds is 2.